The molecule has 22 heavy (non-hydrogen) atoms. The SMILES string of the molecule is COc1ccc(C(=O)N(C)C(C)c2ccc(Cl)cc2)cc1F. The minimum absolute atomic E-state index is 0.116. The average Bonchev–Trinajstić information content (AvgIpc) is 2.53. The van der Waals surface area contributed by atoms with Gasteiger partial charge in [0, 0.05) is 17.6 Å². The van der Waals surface area contributed by atoms with Crippen molar-refractivity contribution in [2.24, 2.45) is 0 Å². The molecule has 0 aliphatic heterocycles. The summed E-state index contributed by atoms with van der Waals surface area (Å²) < 4.78 is 18.6. The molecule has 0 saturated heterocycles. The predicted molar refractivity (Wildman–Crippen MR) is 84.9 cm³/mol. The van der Waals surface area contributed by atoms with Gasteiger partial charge in [0.25, 0.3) is 5.91 Å². The molecule has 0 radical (unpaired) electrons. The lowest BCUT2D eigenvalue weighted by Gasteiger charge is -2.25. The van der Waals surface area contributed by atoms with E-state index < -0.39 is 5.82 Å². The molecule has 0 aliphatic carbocycles. The molecule has 2 rings (SSSR count). The maximum atomic E-state index is 13.7. The summed E-state index contributed by atoms with van der Waals surface area (Å²) in [5.74, 6) is -0.699. The van der Waals surface area contributed by atoms with Crippen molar-refractivity contribution in [3.05, 3.63) is 64.4 Å². The van der Waals surface area contributed by atoms with Crippen LogP contribution in [-0.4, -0.2) is 25.0 Å². The van der Waals surface area contributed by atoms with Gasteiger partial charge in [-0.1, -0.05) is 23.7 Å². The van der Waals surface area contributed by atoms with Crippen LogP contribution in [0.2, 0.25) is 5.02 Å². The Kier molecular flexibility index (Phi) is 5.03. The number of ether oxygens (including phenoxy) is 1. The molecular weight excluding hydrogens is 305 g/mol. The summed E-state index contributed by atoms with van der Waals surface area (Å²) in [6, 6.07) is 11.3. The van der Waals surface area contributed by atoms with Crippen LogP contribution in [0.25, 0.3) is 0 Å². The first-order valence-corrected chi connectivity index (χ1v) is 7.18. The smallest absolute Gasteiger partial charge is 0.254 e. The van der Waals surface area contributed by atoms with Crippen molar-refractivity contribution in [2.45, 2.75) is 13.0 Å². The van der Waals surface area contributed by atoms with Gasteiger partial charge in [-0.2, -0.15) is 0 Å². The maximum Gasteiger partial charge on any atom is 0.254 e. The van der Waals surface area contributed by atoms with Gasteiger partial charge in [-0.05, 0) is 42.8 Å². The fourth-order valence-electron chi connectivity index (χ4n) is 2.14. The number of carbonyl (C=O) groups is 1. The number of hydrogen-bond donors (Lipinski definition) is 0. The molecule has 3 nitrogen and oxygen atoms in total. The molecule has 116 valence electrons. The van der Waals surface area contributed by atoms with E-state index in [1.807, 2.05) is 19.1 Å². The molecular formula is C17H17ClFNO2. The van der Waals surface area contributed by atoms with E-state index in [0.29, 0.717) is 5.02 Å². The largest absolute Gasteiger partial charge is 0.494 e. The van der Waals surface area contributed by atoms with Crippen molar-refractivity contribution < 1.29 is 13.9 Å². The number of carbonyl (C=O) groups excluding carboxylic acids is 1. The zero-order valence-electron chi connectivity index (χ0n) is 12.6. The number of hydrogen-bond acceptors (Lipinski definition) is 2. The third-order valence-corrected chi connectivity index (χ3v) is 3.90. The molecule has 0 aromatic heterocycles. The Morgan fingerprint density at radius 1 is 1.23 bits per heavy atom. The molecule has 1 amide bonds. The highest BCUT2D eigenvalue weighted by Crippen LogP contribution is 2.24. The van der Waals surface area contributed by atoms with Gasteiger partial charge in [-0.3, -0.25) is 4.79 Å². The lowest BCUT2D eigenvalue weighted by molar-refractivity contribution is 0.0742. The van der Waals surface area contributed by atoms with Gasteiger partial charge in [0.2, 0.25) is 0 Å². The predicted octanol–water partition coefficient (Wildman–Crippen LogP) is 4.32. The van der Waals surface area contributed by atoms with E-state index in [0.717, 1.165) is 5.56 Å². The molecule has 2 aromatic carbocycles. The highest BCUT2D eigenvalue weighted by Gasteiger charge is 2.20. The first-order chi connectivity index (χ1) is 10.4. The van der Waals surface area contributed by atoms with Crippen molar-refractivity contribution in [3.8, 4) is 5.75 Å². The monoisotopic (exact) mass is 321 g/mol. The van der Waals surface area contributed by atoms with Crippen LogP contribution in [0.5, 0.6) is 5.75 Å². The van der Waals surface area contributed by atoms with Gasteiger partial charge in [-0.15, -0.1) is 0 Å². The van der Waals surface area contributed by atoms with E-state index in [4.69, 9.17) is 16.3 Å². The quantitative estimate of drug-likeness (QED) is 0.839. The van der Waals surface area contributed by atoms with Crippen LogP contribution >= 0.6 is 11.6 Å². The third-order valence-electron chi connectivity index (χ3n) is 3.65. The Balaban J connectivity index is 2.21. The molecule has 2 aromatic rings. The number of amides is 1. The molecule has 0 heterocycles. The summed E-state index contributed by atoms with van der Waals surface area (Å²) in [5, 5.41) is 0.641. The summed E-state index contributed by atoms with van der Waals surface area (Å²) in [7, 11) is 3.07. The Bertz CT molecular complexity index is 673. The summed E-state index contributed by atoms with van der Waals surface area (Å²) in [6.45, 7) is 1.90. The second-order valence-electron chi connectivity index (χ2n) is 4.99. The number of halogens is 2. The first-order valence-electron chi connectivity index (χ1n) is 6.80. The van der Waals surface area contributed by atoms with Crippen LogP contribution in [0.4, 0.5) is 4.39 Å². The molecule has 5 heteroatoms. The summed E-state index contributed by atoms with van der Waals surface area (Å²) in [6.07, 6.45) is 0. The van der Waals surface area contributed by atoms with Crippen molar-refractivity contribution in [1.82, 2.24) is 4.90 Å². The van der Waals surface area contributed by atoms with Gasteiger partial charge in [0.05, 0.1) is 13.2 Å². The van der Waals surface area contributed by atoms with E-state index in [-0.39, 0.29) is 23.3 Å². The Labute approximate surface area is 134 Å². The summed E-state index contributed by atoms with van der Waals surface area (Å²) >= 11 is 5.87. The maximum absolute atomic E-state index is 13.7. The van der Waals surface area contributed by atoms with E-state index in [1.165, 1.54) is 19.2 Å². The fourth-order valence-corrected chi connectivity index (χ4v) is 2.27. The molecule has 1 atom stereocenters. The van der Waals surface area contributed by atoms with Crippen molar-refractivity contribution in [3.63, 3.8) is 0 Å². The number of nitrogens with zero attached hydrogens (tertiary/aromatic N) is 1. The zero-order valence-corrected chi connectivity index (χ0v) is 13.4. The standard InChI is InChI=1S/C17H17ClFNO2/c1-11(12-4-7-14(18)8-5-12)20(2)17(21)13-6-9-16(22-3)15(19)10-13/h4-11H,1-3H3. The average molecular weight is 322 g/mol. The van der Waals surface area contributed by atoms with Crippen LogP contribution < -0.4 is 4.74 Å². The molecule has 0 spiro atoms. The van der Waals surface area contributed by atoms with E-state index in [2.05, 4.69) is 0 Å². The van der Waals surface area contributed by atoms with E-state index in [1.54, 1.807) is 30.1 Å². The molecule has 0 saturated carbocycles. The van der Waals surface area contributed by atoms with Crippen LogP contribution in [0.3, 0.4) is 0 Å². The fraction of sp³-hybridized carbons (Fsp3) is 0.235. The Morgan fingerprint density at radius 3 is 2.41 bits per heavy atom. The summed E-state index contributed by atoms with van der Waals surface area (Å²) in [5.41, 5.74) is 1.23. The van der Waals surface area contributed by atoms with E-state index in [9.17, 15) is 9.18 Å². The minimum Gasteiger partial charge on any atom is -0.494 e. The second-order valence-corrected chi connectivity index (χ2v) is 5.43. The van der Waals surface area contributed by atoms with Gasteiger partial charge in [0.15, 0.2) is 11.6 Å². The molecule has 0 bridgehead atoms. The van der Waals surface area contributed by atoms with Crippen LogP contribution in [0, 0.1) is 5.82 Å². The lowest BCUT2D eigenvalue weighted by Crippen LogP contribution is -2.29. The molecule has 1 unspecified atom stereocenters. The highest BCUT2D eigenvalue weighted by atomic mass is 35.5. The van der Waals surface area contributed by atoms with Gasteiger partial charge in [0.1, 0.15) is 0 Å². The van der Waals surface area contributed by atoms with Crippen molar-refractivity contribution in [1.29, 1.82) is 0 Å². The molecule has 0 aliphatic rings. The molecule has 0 N–H and O–H groups in total. The zero-order chi connectivity index (χ0) is 16.3. The van der Waals surface area contributed by atoms with Crippen molar-refractivity contribution >= 4 is 17.5 Å². The third kappa shape index (κ3) is 3.39. The number of methoxy groups -OCH3 is 1. The Hall–Kier alpha value is -2.07. The van der Waals surface area contributed by atoms with Crippen LogP contribution in [0.15, 0.2) is 42.5 Å². The second kappa shape index (κ2) is 6.79. The number of rotatable bonds is 4. The van der Waals surface area contributed by atoms with Crippen LogP contribution in [0.1, 0.15) is 28.9 Å². The normalized spacial score (nSPS) is 11.9. The molecule has 0 fully saturated rings. The lowest BCUT2D eigenvalue weighted by atomic mass is 10.1. The Morgan fingerprint density at radius 2 is 1.86 bits per heavy atom. The summed E-state index contributed by atoms with van der Waals surface area (Å²) in [4.78, 5) is 14.0. The van der Waals surface area contributed by atoms with E-state index >= 15 is 0 Å². The van der Waals surface area contributed by atoms with Gasteiger partial charge in [-0.25, -0.2) is 4.39 Å². The first kappa shape index (κ1) is 16.3. The van der Waals surface area contributed by atoms with Gasteiger partial charge < -0.3 is 9.64 Å². The minimum atomic E-state index is -0.555. The topological polar surface area (TPSA) is 29.5 Å². The van der Waals surface area contributed by atoms with Crippen molar-refractivity contribution in [2.75, 3.05) is 14.2 Å². The van der Waals surface area contributed by atoms with Gasteiger partial charge >= 0.3 is 0 Å². The highest BCUT2D eigenvalue weighted by molar-refractivity contribution is 6.30. The number of benzene rings is 2. The van der Waals surface area contributed by atoms with Crippen LogP contribution in [-0.2, 0) is 0 Å².